The highest BCUT2D eigenvalue weighted by molar-refractivity contribution is 7.90. The van der Waals surface area contributed by atoms with Crippen molar-refractivity contribution in [2.45, 2.75) is 89.8 Å². The van der Waals surface area contributed by atoms with Crippen molar-refractivity contribution in [3.8, 4) is 5.75 Å². The average molecular weight is 666 g/mol. The maximum absolute atomic E-state index is 13.4. The van der Waals surface area contributed by atoms with E-state index in [9.17, 15) is 27.9 Å². The number of nitrogens with one attached hydrogen (secondary N) is 4. The van der Waals surface area contributed by atoms with Gasteiger partial charge in [-0.1, -0.05) is 30.3 Å². The van der Waals surface area contributed by atoms with Crippen molar-refractivity contribution in [2.24, 2.45) is 0 Å². The van der Waals surface area contributed by atoms with E-state index in [-0.39, 0.29) is 41.5 Å². The molecule has 47 heavy (non-hydrogen) atoms. The van der Waals surface area contributed by atoms with Crippen LogP contribution in [0.15, 0.2) is 58.4 Å². The number of carboxylic acid groups (broad SMARTS) is 1. The fraction of sp³-hybridized carbons (Fsp3) is 0.412. The highest BCUT2D eigenvalue weighted by Gasteiger charge is 2.34. The number of carbonyl (C=O) groups excluding carboxylic acids is 1. The third-order valence-electron chi connectivity index (χ3n) is 8.66. The second kappa shape index (κ2) is 14.0. The molecule has 1 amide bonds. The lowest BCUT2D eigenvalue weighted by molar-refractivity contribution is -0.139. The predicted molar refractivity (Wildman–Crippen MR) is 179 cm³/mol. The van der Waals surface area contributed by atoms with Crippen LogP contribution in [-0.2, 0) is 21.2 Å². The maximum Gasteiger partial charge on any atom is 0.326 e. The van der Waals surface area contributed by atoms with E-state index in [1.165, 1.54) is 10.6 Å². The molecule has 13 heteroatoms. The molecule has 0 radical (unpaired) electrons. The summed E-state index contributed by atoms with van der Waals surface area (Å²) in [6, 6.07) is 10.6. The van der Waals surface area contributed by atoms with E-state index in [4.69, 9.17) is 10.1 Å². The van der Waals surface area contributed by atoms with Crippen molar-refractivity contribution in [3.63, 3.8) is 0 Å². The summed E-state index contributed by atoms with van der Waals surface area (Å²) in [6.45, 7) is 11.2. The molecule has 252 valence electrons. The second-order valence-corrected chi connectivity index (χ2v) is 14.1. The third-order valence-corrected chi connectivity index (χ3v) is 10.3. The molecule has 1 aliphatic heterocycles. The second-order valence-electron chi connectivity index (χ2n) is 12.5. The summed E-state index contributed by atoms with van der Waals surface area (Å²) in [6.07, 6.45) is 3.12. The zero-order valence-corrected chi connectivity index (χ0v) is 28.4. The Hall–Kier alpha value is -4.65. The molecule has 1 aliphatic rings. The summed E-state index contributed by atoms with van der Waals surface area (Å²) in [5, 5.41) is 23.0. The third kappa shape index (κ3) is 7.84. The van der Waals surface area contributed by atoms with E-state index in [0.29, 0.717) is 23.3 Å². The molecule has 4 rings (SSSR count). The lowest BCUT2D eigenvalue weighted by atomic mass is 9.88. The first-order valence-corrected chi connectivity index (χ1v) is 17.0. The molecule has 2 atom stereocenters. The number of aliphatic carboxylic acids is 1. The molecule has 2 aromatic carbocycles. The SMILES string of the molecule is Cc1c(C)c(S(=O)(=O)NC(=N)NCCC[C@H](NC(=O)c2cccn(C(C)c3ccccc3)c2=O)C(=O)O)c(C)c2c1OC(C)(C)CC2. The average Bonchev–Trinajstić information content (AvgIpc) is 3.00. The molecule has 2 heterocycles. The Morgan fingerprint density at radius 3 is 2.40 bits per heavy atom. The highest BCUT2D eigenvalue weighted by atomic mass is 32.2. The van der Waals surface area contributed by atoms with Crippen molar-refractivity contribution in [1.82, 2.24) is 19.9 Å². The van der Waals surface area contributed by atoms with Gasteiger partial charge in [-0.3, -0.25) is 15.0 Å². The number of fused-ring (bicyclic) bond motifs is 1. The van der Waals surface area contributed by atoms with Gasteiger partial charge in [0.15, 0.2) is 0 Å². The van der Waals surface area contributed by atoms with Gasteiger partial charge in [0, 0.05) is 12.7 Å². The van der Waals surface area contributed by atoms with Gasteiger partial charge in [-0.25, -0.2) is 17.9 Å². The minimum Gasteiger partial charge on any atom is -0.487 e. The summed E-state index contributed by atoms with van der Waals surface area (Å²) in [4.78, 5) is 38.2. The van der Waals surface area contributed by atoms with E-state index >= 15 is 0 Å². The van der Waals surface area contributed by atoms with E-state index in [0.717, 1.165) is 23.1 Å². The van der Waals surface area contributed by atoms with Crippen LogP contribution >= 0.6 is 0 Å². The van der Waals surface area contributed by atoms with E-state index in [1.807, 2.05) is 58.0 Å². The Kier molecular flexibility index (Phi) is 10.5. The van der Waals surface area contributed by atoms with E-state index in [1.54, 1.807) is 26.1 Å². The van der Waals surface area contributed by atoms with Crippen LogP contribution in [0, 0.1) is 26.2 Å². The van der Waals surface area contributed by atoms with Crippen LogP contribution in [-0.4, -0.2) is 54.1 Å². The Labute approximate surface area is 275 Å². The minimum absolute atomic E-state index is 0.0336. The number of ether oxygens (including phenoxy) is 1. The molecule has 12 nitrogen and oxygen atoms in total. The molecule has 0 aliphatic carbocycles. The van der Waals surface area contributed by atoms with Gasteiger partial charge < -0.3 is 25.0 Å². The summed E-state index contributed by atoms with van der Waals surface area (Å²) in [5.41, 5.74) is 2.48. The highest BCUT2D eigenvalue weighted by Crippen LogP contribution is 2.42. The minimum atomic E-state index is -4.13. The molecule has 1 unspecified atom stereocenters. The summed E-state index contributed by atoms with van der Waals surface area (Å²) >= 11 is 0. The Morgan fingerprint density at radius 2 is 1.74 bits per heavy atom. The van der Waals surface area contributed by atoms with Gasteiger partial charge in [0.05, 0.1) is 10.9 Å². The Morgan fingerprint density at radius 1 is 1.06 bits per heavy atom. The van der Waals surface area contributed by atoms with E-state index < -0.39 is 39.5 Å². The van der Waals surface area contributed by atoms with Crippen LogP contribution in [0.5, 0.6) is 5.75 Å². The molecule has 0 fully saturated rings. The van der Waals surface area contributed by atoms with E-state index in [2.05, 4.69) is 15.4 Å². The number of aromatic nitrogens is 1. The van der Waals surface area contributed by atoms with Crippen molar-refractivity contribution in [1.29, 1.82) is 5.41 Å². The Bertz CT molecular complexity index is 1850. The number of carbonyl (C=O) groups is 2. The molecule has 1 aromatic heterocycles. The quantitative estimate of drug-likeness (QED) is 0.116. The number of hydrogen-bond acceptors (Lipinski definition) is 7. The van der Waals surface area contributed by atoms with Gasteiger partial charge >= 0.3 is 5.97 Å². The number of guanidine groups is 1. The normalized spacial score (nSPS) is 15.0. The zero-order valence-electron chi connectivity index (χ0n) is 27.6. The molecule has 0 bridgehead atoms. The molecule has 3 aromatic rings. The van der Waals surface area contributed by atoms with Crippen LogP contribution in [0.4, 0.5) is 0 Å². The first-order chi connectivity index (χ1) is 22.0. The van der Waals surface area contributed by atoms with Crippen LogP contribution in [0.25, 0.3) is 0 Å². The summed E-state index contributed by atoms with van der Waals surface area (Å²) in [7, 11) is -4.13. The fourth-order valence-electron chi connectivity index (χ4n) is 5.87. The molecule has 0 saturated heterocycles. The van der Waals surface area contributed by atoms with Crippen molar-refractivity contribution < 1.29 is 27.9 Å². The van der Waals surface area contributed by atoms with Crippen molar-refractivity contribution in [2.75, 3.05) is 6.54 Å². The van der Waals surface area contributed by atoms with Crippen LogP contribution < -0.4 is 25.7 Å². The molecular formula is C34H43N5O7S. The summed E-state index contributed by atoms with van der Waals surface area (Å²) < 4.78 is 36.7. The van der Waals surface area contributed by atoms with Crippen molar-refractivity contribution in [3.05, 3.63) is 92.4 Å². The number of pyridine rings is 1. The molecule has 0 spiro atoms. The number of carboxylic acids is 1. The standard InChI is InChI=1S/C34H43N5O7S/c1-20-21(2)29(22(3)25-16-17-34(5,6)46-28(20)25)47(44,45)38-33(35)36-18-10-15-27(32(42)43)37-30(40)26-14-11-19-39(31(26)41)23(4)24-12-8-7-9-13-24/h7-9,11-14,19,23,27H,10,15-18H2,1-6H3,(H,37,40)(H,42,43)(H3,35,36,38)/t23?,27-/m0/s1. The number of benzene rings is 2. The van der Waals surface area contributed by atoms with Gasteiger partial charge in [-0.15, -0.1) is 0 Å². The molecular weight excluding hydrogens is 622 g/mol. The smallest absolute Gasteiger partial charge is 0.326 e. The lowest BCUT2D eigenvalue weighted by Crippen LogP contribution is -2.44. The Balaban J connectivity index is 1.36. The topological polar surface area (TPSA) is 180 Å². The largest absolute Gasteiger partial charge is 0.487 e. The first kappa shape index (κ1) is 35.2. The number of nitrogens with zero attached hydrogens (tertiary/aromatic N) is 1. The van der Waals surface area contributed by atoms with Gasteiger partial charge in [-0.2, -0.15) is 0 Å². The van der Waals surface area contributed by atoms with Gasteiger partial charge in [0.25, 0.3) is 21.5 Å². The monoisotopic (exact) mass is 665 g/mol. The lowest BCUT2D eigenvalue weighted by Gasteiger charge is -2.35. The van der Waals surface area contributed by atoms with Crippen LogP contribution in [0.2, 0.25) is 0 Å². The summed E-state index contributed by atoms with van der Waals surface area (Å²) in [5.74, 6) is -1.86. The number of hydrogen-bond donors (Lipinski definition) is 5. The van der Waals surface area contributed by atoms with Crippen molar-refractivity contribution >= 4 is 27.9 Å². The molecule has 5 N–H and O–H groups in total. The van der Waals surface area contributed by atoms with Gasteiger partial charge in [-0.05, 0) is 107 Å². The zero-order chi connectivity index (χ0) is 34.7. The predicted octanol–water partition coefficient (Wildman–Crippen LogP) is 3.95. The first-order valence-electron chi connectivity index (χ1n) is 15.5. The number of sulfonamides is 1. The van der Waals surface area contributed by atoms with Crippen LogP contribution in [0.1, 0.15) is 84.3 Å². The molecule has 0 saturated carbocycles. The maximum atomic E-state index is 13.4. The van der Waals surface area contributed by atoms with Gasteiger partial charge in [0.1, 0.15) is 23.0 Å². The number of amides is 1. The van der Waals surface area contributed by atoms with Gasteiger partial charge in [0.2, 0.25) is 5.96 Å². The fourth-order valence-corrected chi connectivity index (χ4v) is 7.39. The van der Waals surface area contributed by atoms with Crippen LogP contribution in [0.3, 0.4) is 0 Å². The number of rotatable bonds is 11.